The van der Waals surface area contributed by atoms with E-state index in [-0.39, 0.29) is 29.7 Å². The maximum absolute atomic E-state index is 11.2. The molecule has 0 aromatic carbocycles. The van der Waals surface area contributed by atoms with E-state index in [1.807, 2.05) is 0 Å². The lowest BCUT2D eigenvalue weighted by Crippen LogP contribution is -2.37. The van der Waals surface area contributed by atoms with Crippen LogP contribution in [0.3, 0.4) is 0 Å². The molecular weight excluding hydrogens is 266 g/mol. The number of carbonyl (C=O) groups is 1. The number of nitro groups is 1. The molecule has 0 fully saturated rings. The van der Waals surface area contributed by atoms with Crippen molar-refractivity contribution in [3.05, 3.63) is 15.8 Å². The number of rotatable bonds is 6. The van der Waals surface area contributed by atoms with Gasteiger partial charge in [0.05, 0.1) is 10.3 Å². The van der Waals surface area contributed by atoms with Crippen molar-refractivity contribution in [1.29, 1.82) is 0 Å². The molecule has 0 spiro atoms. The summed E-state index contributed by atoms with van der Waals surface area (Å²) in [5.74, 6) is 4.68. The Kier molecular flexibility index (Phi) is 4.40. The molecule has 20 heavy (non-hydrogen) atoms. The molecule has 1 aromatic rings. The average Bonchev–Trinajstić information content (AvgIpc) is 2.34. The number of hydrogen-bond donors (Lipinski definition) is 4. The number of nitrogen functional groups attached to an aromatic ring is 1. The summed E-state index contributed by atoms with van der Waals surface area (Å²) in [6.45, 7) is 4.78. The van der Waals surface area contributed by atoms with Crippen LogP contribution in [0, 0.1) is 22.5 Å². The van der Waals surface area contributed by atoms with Gasteiger partial charge in [0.2, 0.25) is 17.7 Å². The van der Waals surface area contributed by atoms with Crippen LogP contribution >= 0.6 is 0 Å². The SMILES string of the molecule is Cc1nc(NN)nc(NCC(C)(C)C(N)=O)c1[N+](=O)[O-]. The second kappa shape index (κ2) is 5.65. The van der Waals surface area contributed by atoms with Gasteiger partial charge in [0.1, 0.15) is 5.69 Å². The number of aryl methyl sites for hydroxylation is 1. The topological polar surface area (TPSA) is 162 Å². The van der Waals surface area contributed by atoms with Crippen LogP contribution in [0.1, 0.15) is 19.5 Å². The molecule has 1 amide bonds. The quantitative estimate of drug-likeness (QED) is 0.319. The van der Waals surface area contributed by atoms with Crippen molar-refractivity contribution in [2.45, 2.75) is 20.8 Å². The summed E-state index contributed by atoms with van der Waals surface area (Å²) >= 11 is 0. The first-order chi connectivity index (χ1) is 9.19. The van der Waals surface area contributed by atoms with E-state index in [1.165, 1.54) is 6.92 Å². The van der Waals surface area contributed by atoms with Crippen molar-refractivity contribution in [3.63, 3.8) is 0 Å². The molecule has 0 saturated carbocycles. The number of primary amides is 1. The molecule has 0 aliphatic rings. The third-order valence-electron chi connectivity index (χ3n) is 2.73. The highest BCUT2D eigenvalue weighted by Crippen LogP contribution is 2.27. The molecule has 1 heterocycles. The summed E-state index contributed by atoms with van der Waals surface area (Å²) in [6.07, 6.45) is 0. The van der Waals surface area contributed by atoms with E-state index < -0.39 is 16.2 Å². The van der Waals surface area contributed by atoms with E-state index >= 15 is 0 Å². The fourth-order valence-corrected chi connectivity index (χ4v) is 1.37. The number of anilines is 2. The minimum absolute atomic E-state index is 0.0234. The van der Waals surface area contributed by atoms with Gasteiger partial charge in [0.25, 0.3) is 0 Å². The highest BCUT2D eigenvalue weighted by Gasteiger charge is 2.28. The predicted octanol–water partition coefficient (Wildman–Crippen LogP) is -0.0978. The Hall–Kier alpha value is -2.49. The first-order valence-electron chi connectivity index (χ1n) is 5.72. The zero-order valence-corrected chi connectivity index (χ0v) is 11.4. The van der Waals surface area contributed by atoms with Gasteiger partial charge < -0.3 is 11.1 Å². The van der Waals surface area contributed by atoms with Crippen molar-refractivity contribution in [1.82, 2.24) is 9.97 Å². The molecule has 1 rings (SSSR count). The summed E-state index contributed by atoms with van der Waals surface area (Å²) < 4.78 is 0. The largest absolute Gasteiger partial charge is 0.369 e. The summed E-state index contributed by atoms with van der Waals surface area (Å²) in [7, 11) is 0. The van der Waals surface area contributed by atoms with Crippen molar-refractivity contribution in [2.75, 3.05) is 17.3 Å². The molecule has 0 saturated heterocycles. The molecule has 6 N–H and O–H groups in total. The van der Waals surface area contributed by atoms with Crippen LogP contribution < -0.4 is 22.3 Å². The van der Waals surface area contributed by atoms with Gasteiger partial charge in [0.15, 0.2) is 0 Å². The maximum atomic E-state index is 11.2. The maximum Gasteiger partial charge on any atom is 0.332 e. The van der Waals surface area contributed by atoms with Crippen LogP contribution in [0.2, 0.25) is 0 Å². The number of hydrazine groups is 1. The Morgan fingerprint density at radius 3 is 2.50 bits per heavy atom. The highest BCUT2D eigenvalue weighted by molar-refractivity contribution is 5.80. The normalized spacial score (nSPS) is 11.0. The third-order valence-corrected chi connectivity index (χ3v) is 2.73. The van der Waals surface area contributed by atoms with Crippen LogP contribution in [0.4, 0.5) is 17.5 Å². The first-order valence-corrected chi connectivity index (χ1v) is 5.72. The molecule has 0 unspecified atom stereocenters. The second-order valence-electron chi connectivity index (χ2n) is 4.83. The van der Waals surface area contributed by atoms with Crippen LogP contribution in [0.5, 0.6) is 0 Å². The van der Waals surface area contributed by atoms with Crippen LogP contribution in [-0.2, 0) is 4.79 Å². The monoisotopic (exact) mass is 283 g/mol. The summed E-state index contributed by atoms with van der Waals surface area (Å²) in [5, 5.41) is 13.8. The molecule has 0 radical (unpaired) electrons. The zero-order chi connectivity index (χ0) is 15.5. The molecule has 1 aromatic heterocycles. The van der Waals surface area contributed by atoms with Crippen molar-refractivity contribution in [3.8, 4) is 0 Å². The molecule has 10 heteroatoms. The molecule has 0 aliphatic heterocycles. The highest BCUT2D eigenvalue weighted by atomic mass is 16.6. The molecule has 110 valence electrons. The number of aromatic nitrogens is 2. The smallest absolute Gasteiger partial charge is 0.332 e. The number of nitrogens with two attached hydrogens (primary N) is 2. The molecule has 0 atom stereocenters. The van der Waals surface area contributed by atoms with Gasteiger partial charge in [-0.2, -0.15) is 4.98 Å². The number of carbonyl (C=O) groups excluding carboxylic acids is 1. The van der Waals surface area contributed by atoms with Crippen LogP contribution in [0.25, 0.3) is 0 Å². The Morgan fingerprint density at radius 1 is 1.45 bits per heavy atom. The van der Waals surface area contributed by atoms with E-state index in [9.17, 15) is 14.9 Å². The second-order valence-corrected chi connectivity index (χ2v) is 4.83. The Balaban J connectivity index is 3.13. The lowest BCUT2D eigenvalue weighted by Gasteiger charge is -2.21. The first kappa shape index (κ1) is 15.6. The molecule has 0 bridgehead atoms. The number of nitrogens with one attached hydrogen (secondary N) is 2. The van der Waals surface area contributed by atoms with E-state index in [0.717, 1.165) is 0 Å². The lowest BCUT2D eigenvalue weighted by atomic mass is 9.93. The van der Waals surface area contributed by atoms with E-state index in [4.69, 9.17) is 11.6 Å². The molecule has 10 nitrogen and oxygen atoms in total. The van der Waals surface area contributed by atoms with Crippen molar-refractivity contribution in [2.24, 2.45) is 17.0 Å². The Labute approximate surface area is 115 Å². The van der Waals surface area contributed by atoms with Gasteiger partial charge in [0, 0.05) is 6.54 Å². The van der Waals surface area contributed by atoms with Crippen LogP contribution in [0.15, 0.2) is 0 Å². The van der Waals surface area contributed by atoms with E-state index in [1.54, 1.807) is 13.8 Å². The average molecular weight is 283 g/mol. The molecule has 0 aliphatic carbocycles. The Bertz CT molecular complexity index is 544. The number of nitrogens with zero attached hydrogens (tertiary/aromatic N) is 3. The predicted molar refractivity (Wildman–Crippen MR) is 72.7 cm³/mol. The Morgan fingerprint density at radius 2 is 2.05 bits per heavy atom. The van der Waals surface area contributed by atoms with Gasteiger partial charge in [-0.15, -0.1) is 0 Å². The van der Waals surface area contributed by atoms with Crippen molar-refractivity contribution < 1.29 is 9.72 Å². The van der Waals surface area contributed by atoms with E-state index in [0.29, 0.717) is 0 Å². The standard InChI is InChI=1S/C10H17N7O3/c1-5-6(17(19)20)7(15-9(14-5)16-12)13-4-10(2,3)8(11)18/h4,12H2,1-3H3,(H2,11,18)(H2,13,14,15,16). The number of amides is 1. The van der Waals surface area contributed by atoms with Gasteiger partial charge in [-0.1, -0.05) is 0 Å². The fourth-order valence-electron chi connectivity index (χ4n) is 1.37. The molecular formula is C10H17N7O3. The fraction of sp³-hybridized carbons (Fsp3) is 0.500. The van der Waals surface area contributed by atoms with E-state index in [2.05, 4.69) is 20.7 Å². The lowest BCUT2D eigenvalue weighted by molar-refractivity contribution is -0.385. The van der Waals surface area contributed by atoms with Crippen LogP contribution in [-0.4, -0.2) is 27.3 Å². The zero-order valence-electron chi connectivity index (χ0n) is 11.4. The van der Waals surface area contributed by atoms with Gasteiger partial charge >= 0.3 is 5.69 Å². The number of hydrogen-bond acceptors (Lipinski definition) is 8. The van der Waals surface area contributed by atoms with Gasteiger partial charge in [-0.25, -0.2) is 10.8 Å². The summed E-state index contributed by atoms with van der Waals surface area (Å²) in [6, 6.07) is 0. The van der Waals surface area contributed by atoms with Crippen molar-refractivity contribution >= 4 is 23.4 Å². The minimum Gasteiger partial charge on any atom is -0.369 e. The van der Waals surface area contributed by atoms with Gasteiger partial charge in [-0.3, -0.25) is 20.3 Å². The third kappa shape index (κ3) is 3.29. The minimum atomic E-state index is -0.886. The summed E-state index contributed by atoms with van der Waals surface area (Å²) in [5.41, 5.74) is 6.45. The summed E-state index contributed by atoms with van der Waals surface area (Å²) in [4.78, 5) is 29.4. The van der Waals surface area contributed by atoms with Gasteiger partial charge in [-0.05, 0) is 20.8 Å².